The third kappa shape index (κ3) is 17.6. The third-order valence-corrected chi connectivity index (χ3v) is 0.667. The Balaban J connectivity index is 0.000000187. The fraction of sp³-hybridized carbons (Fsp3) is 0.250. The second-order valence-electron chi connectivity index (χ2n) is 2.00. The Morgan fingerprint density at radius 1 is 0.909 bits per heavy atom. The van der Waals surface area contributed by atoms with Gasteiger partial charge < -0.3 is 5.11 Å². The van der Waals surface area contributed by atoms with Gasteiger partial charge in [-0.3, -0.25) is 0 Å². The molecule has 0 amide bonds. The average Bonchev–Trinajstić information content (AvgIpc) is 1.88. The number of aliphatic hydroxyl groups is 1. The molecule has 0 aliphatic carbocycles. The summed E-state index contributed by atoms with van der Waals surface area (Å²) >= 11 is 0. The maximum atomic E-state index is 10.6. The van der Waals surface area contributed by atoms with E-state index in [9.17, 15) is 8.78 Å². The fourth-order valence-corrected chi connectivity index (χ4v) is 0.385. The number of halogens is 2. The van der Waals surface area contributed by atoms with Gasteiger partial charge in [-0.2, -0.15) is 8.78 Å². The number of rotatable bonds is 0. The van der Waals surface area contributed by atoms with Crippen molar-refractivity contribution in [3.8, 4) is 0 Å². The summed E-state index contributed by atoms with van der Waals surface area (Å²) in [5.74, 6) is 0. The molecule has 0 fully saturated rings. The Morgan fingerprint density at radius 2 is 1.00 bits per heavy atom. The zero-order valence-corrected chi connectivity index (χ0v) is 6.17. The van der Waals surface area contributed by atoms with Crippen molar-refractivity contribution in [2.24, 2.45) is 0 Å². The summed E-state index contributed by atoms with van der Waals surface area (Å²) in [7, 11) is 0. The summed E-state index contributed by atoms with van der Waals surface area (Å²) in [6.07, 6.45) is -3.50. The monoisotopic (exact) mass is 160 g/mol. The van der Waals surface area contributed by atoms with Crippen molar-refractivity contribution in [3.05, 3.63) is 36.4 Å². The molecule has 0 bridgehead atoms. The summed E-state index contributed by atoms with van der Waals surface area (Å²) in [5.41, 5.74) is 0. The van der Waals surface area contributed by atoms with Gasteiger partial charge in [-0.15, -0.1) is 0 Å². The zero-order chi connectivity index (χ0) is 8.74. The molecule has 0 saturated carbocycles. The molecule has 1 rings (SSSR count). The predicted octanol–water partition coefficient (Wildman–Crippen LogP) is 2.28. The molecular weight excluding hydrogens is 150 g/mol. The number of alkyl halides is 2. The van der Waals surface area contributed by atoms with Crippen molar-refractivity contribution in [2.75, 3.05) is 0 Å². The first-order valence-corrected chi connectivity index (χ1v) is 3.10. The minimum absolute atomic E-state index is 0.410. The Hall–Kier alpha value is -0.960. The summed E-state index contributed by atoms with van der Waals surface area (Å²) in [6, 6.07) is 12.0. The number of hydrogen-bond donors (Lipinski definition) is 1. The standard InChI is InChI=1S/C6H6.C2H4F2O/c1-2-4-6-5-3-1;1-2(3,4)5/h1-6H;5H,1H3. The van der Waals surface area contributed by atoms with Crippen molar-refractivity contribution >= 4 is 0 Å². The highest BCUT2D eigenvalue weighted by Crippen LogP contribution is 2.02. The van der Waals surface area contributed by atoms with Crippen LogP contribution < -0.4 is 0 Å². The van der Waals surface area contributed by atoms with E-state index < -0.39 is 6.11 Å². The van der Waals surface area contributed by atoms with E-state index in [0.717, 1.165) is 0 Å². The Labute approximate surface area is 64.3 Å². The van der Waals surface area contributed by atoms with E-state index in [2.05, 4.69) is 0 Å². The van der Waals surface area contributed by atoms with E-state index >= 15 is 0 Å². The Kier molecular flexibility index (Phi) is 4.38. The van der Waals surface area contributed by atoms with Crippen LogP contribution in [-0.2, 0) is 0 Å². The van der Waals surface area contributed by atoms with Crippen molar-refractivity contribution in [2.45, 2.75) is 13.0 Å². The van der Waals surface area contributed by atoms with Gasteiger partial charge in [0.25, 0.3) is 0 Å². The Morgan fingerprint density at radius 3 is 1.09 bits per heavy atom. The van der Waals surface area contributed by atoms with Gasteiger partial charge in [-0.25, -0.2) is 0 Å². The van der Waals surface area contributed by atoms with Crippen LogP contribution in [0.5, 0.6) is 0 Å². The molecule has 0 atom stereocenters. The quantitative estimate of drug-likeness (QED) is 0.617. The number of hydrogen-bond acceptors (Lipinski definition) is 1. The smallest absolute Gasteiger partial charge is 0.337 e. The highest BCUT2D eigenvalue weighted by molar-refractivity contribution is 4.99. The average molecular weight is 160 g/mol. The highest BCUT2D eigenvalue weighted by Gasteiger charge is 2.11. The van der Waals surface area contributed by atoms with Crippen LogP contribution in [0.3, 0.4) is 0 Å². The molecule has 0 radical (unpaired) electrons. The molecule has 1 N–H and O–H groups in total. The Bertz CT molecular complexity index is 136. The lowest BCUT2D eigenvalue weighted by Crippen LogP contribution is -2.04. The van der Waals surface area contributed by atoms with E-state index in [1.807, 2.05) is 36.4 Å². The molecule has 0 aromatic heterocycles. The normalized spacial score (nSPS) is 9.82. The minimum atomic E-state index is -3.50. The maximum Gasteiger partial charge on any atom is 0.350 e. The second-order valence-corrected chi connectivity index (χ2v) is 2.00. The third-order valence-electron chi connectivity index (χ3n) is 0.667. The molecule has 11 heavy (non-hydrogen) atoms. The van der Waals surface area contributed by atoms with E-state index in [4.69, 9.17) is 5.11 Å². The highest BCUT2D eigenvalue weighted by atomic mass is 19.3. The lowest BCUT2D eigenvalue weighted by Gasteiger charge is -1.93. The molecule has 0 heterocycles. The van der Waals surface area contributed by atoms with Crippen molar-refractivity contribution in [1.82, 2.24) is 0 Å². The van der Waals surface area contributed by atoms with Crippen LogP contribution >= 0.6 is 0 Å². The molecule has 0 saturated heterocycles. The van der Waals surface area contributed by atoms with Crippen LogP contribution in [0.2, 0.25) is 0 Å². The van der Waals surface area contributed by atoms with Crippen LogP contribution in [-0.4, -0.2) is 11.2 Å². The maximum absolute atomic E-state index is 10.6. The van der Waals surface area contributed by atoms with Gasteiger partial charge in [0.2, 0.25) is 0 Å². The lowest BCUT2D eigenvalue weighted by molar-refractivity contribution is -0.181. The predicted molar refractivity (Wildman–Crippen MR) is 39.3 cm³/mol. The molecule has 0 aliphatic heterocycles. The van der Waals surface area contributed by atoms with Crippen molar-refractivity contribution in [3.63, 3.8) is 0 Å². The van der Waals surface area contributed by atoms with Gasteiger partial charge in [-0.05, 0) is 0 Å². The molecule has 62 valence electrons. The van der Waals surface area contributed by atoms with Crippen LogP contribution in [0.25, 0.3) is 0 Å². The first kappa shape index (κ1) is 10.0. The van der Waals surface area contributed by atoms with Crippen LogP contribution in [0.1, 0.15) is 6.92 Å². The lowest BCUT2D eigenvalue weighted by atomic mass is 10.4. The van der Waals surface area contributed by atoms with Crippen molar-refractivity contribution < 1.29 is 13.9 Å². The summed E-state index contributed by atoms with van der Waals surface area (Å²) in [6.45, 7) is 0.410. The van der Waals surface area contributed by atoms with Gasteiger partial charge >= 0.3 is 6.11 Å². The SMILES string of the molecule is CC(O)(F)F.c1ccccc1. The molecule has 3 heteroatoms. The minimum Gasteiger partial charge on any atom is -0.337 e. The molecule has 1 aromatic rings. The van der Waals surface area contributed by atoms with Crippen molar-refractivity contribution in [1.29, 1.82) is 0 Å². The molecular formula is C8H10F2O. The van der Waals surface area contributed by atoms with Gasteiger partial charge in [0, 0.05) is 6.92 Å². The van der Waals surface area contributed by atoms with Crippen LogP contribution in [0.4, 0.5) is 8.78 Å². The van der Waals surface area contributed by atoms with Crippen LogP contribution in [0, 0.1) is 0 Å². The molecule has 1 nitrogen and oxygen atoms in total. The zero-order valence-electron chi connectivity index (χ0n) is 6.17. The molecule has 0 aliphatic rings. The fourth-order valence-electron chi connectivity index (χ4n) is 0.385. The molecule has 1 aromatic carbocycles. The van der Waals surface area contributed by atoms with Gasteiger partial charge in [0.15, 0.2) is 0 Å². The molecule has 0 unspecified atom stereocenters. The molecule has 0 spiro atoms. The van der Waals surface area contributed by atoms with Gasteiger partial charge in [0.1, 0.15) is 0 Å². The van der Waals surface area contributed by atoms with Gasteiger partial charge in [0.05, 0.1) is 0 Å². The van der Waals surface area contributed by atoms with E-state index in [-0.39, 0.29) is 0 Å². The van der Waals surface area contributed by atoms with E-state index in [0.29, 0.717) is 6.92 Å². The topological polar surface area (TPSA) is 20.2 Å². The van der Waals surface area contributed by atoms with E-state index in [1.165, 1.54) is 0 Å². The van der Waals surface area contributed by atoms with E-state index in [1.54, 1.807) is 0 Å². The largest absolute Gasteiger partial charge is 0.350 e. The summed E-state index contributed by atoms with van der Waals surface area (Å²) in [5, 5.41) is 7.19. The summed E-state index contributed by atoms with van der Waals surface area (Å²) in [4.78, 5) is 0. The number of benzene rings is 1. The van der Waals surface area contributed by atoms with Gasteiger partial charge in [-0.1, -0.05) is 36.4 Å². The first-order chi connectivity index (χ1) is 5.00. The second kappa shape index (κ2) is 4.79. The van der Waals surface area contributed by atoms with Crippen LogP contribution in [0.15, 0.2) is 36.4 Å². The summed E-state index contributed by atoms with van der Waals surface area (Å²) < 4.78 is 21.2. The first-order valence-electron chi connectivity index (χ1n) is 3.10.